The summed E-state index contributed by atoms with van der Waals surface area (Å²) in [5.41, 5.74) is 3.05. The number of anilines is 1. The number of benzene rings is 2. The van der Waals surface area contributed by atoms with Crippen LogP contribution in [0.1, 0.15) is 18.9 Å². The molecule has 158 valence electrons. The highest BCUT2D eigenvalue weighted by Crippen LogP contribution is 2.25. The van der Waals surface area contributed by atoms with Crippen LogP contribution in [0.5, 0.6) is 5.75 Å². The highest BCUT2D eigenvalue weighted by atomic mass is 35.5. The summed E-state index contributed by atoms with van der Waals surface area (Å²) in [6, 6.07) is 11.5. The molecule has 0 unspecified atom stereocenters. The maximum absolute atomic E-state index is 12.1. The maximum atomic E-state index is 12.1. The molecule has 0 spiro atoms. The minimum absolute atomic E-state index is 0.282. The lowest BCUT2D eigenvalue weighted by Crippen LogP contribution is -2.38. The molecule has 2 aromatic rings. The molecule has 0 aliphatic heterocycles. The minimum atomic E-state index is -0.877. The van der Waals surface area contributed by atoms with Crippen molar-refractivity contribution in [2.45, 2.75) is 13.3 Å². The standard InChI is InChI=1S/C20H20Cl2N4O4/c1-2-9-23-19(28)20(29)26-24-11-13-5-3-4-6-17(13)30-12-18(27)25-16-8-7-14(21)10-15(16)22/h3-8,10-11H,2,9,12H2,1H3,(H,23,28)(H,25,27)(H,26,29)/b24-11-. The van der Waals surface area contributed by atoms with Gasteiger partial charge in [-0.1, -0.05) is 42.3 Å². The fraction of sp³-hybridized carbons (Fsp3) is 0.200. The number of hydrogen-bond acceptors (Lipinski definition) is 5. The van der Waals surface area contributed by atoms with Gasteiger partial charge in [0.15, 0.2) is 6.61 Å². The van der Waals surface area contributed by atoms with Crippen molar-refractivity contribution in [1.29, 1.82) is 0 Å². The van der Waals surface area contributed by atoms with Gasteiger partial charge in [-0.3, -0.25) is 14.4 Å². The normalized spacial score (nSPS) is 10.5. The Hall–Kier alpha value is -3.10. The van der Waals surface area contributed by atoms with Crippen LogP contribution in [0.15, 0.2) is 47.6 Å². The third-order valence-electron chi connectivity index (χ3n) is 3.59. The highest BCUT2D eigenvalue weighted by molar-refractivity contribution is 6.36. The first-order valence-electron chi connectivity index (χ1n) is 8.98. The predicted octanol–water partition coefficient (Wildman–Crippen LogP) is 2.99. The Morgan fingerprint density at radius 1 is 1.10 bits per heavy atom. The molecular weight excluding hydrogens is 431 g/mol. The van der Waals surface area contributed by atoms with Crippen LogP contribution >= 0.6 is 23.2 Å². The second-order valence-corrected chi connectivity index (χ2v) is 6.80. The van der Waals surface area contributed by atoms with E-state index < -0.39 is 17.7 Å². The number of nitrogens with one attached hydrogen (secondary N) is 3. The van der Waals surface area contributed by atoms with Crippen molar-refractivity contribution >= 4 is 52.8 Å². The van der Waals surface area contributed by atoms with Crippen molar-refractivity contribution in [3.63, 3.8) is 0 Å². The summed E-state index contributed by atoms with van der Waals surface area (Å²) in [6.07, 6.45) is 2.03. The number of rotatable bonds is 8. The summed E-state index contributed by atoms with van der Waals surface area (Å²) >= 11 is 11.9. The van der Waals surface area contributed by atoms with E-state index in [-0.39, 0.29) is 6.61 Å². The third kappa shape index (κ3) is 7.38. The van der Waals surface area contributed by atoms with E-state index in [0.29, 0.717) is 40.0 Å². The van der Waals surface area contributed by atoms with E-state index in [1.165, 1.54) is 12.3 Å². The molecule has 0 aliphatic carbocycles. The van der Waals surface area contributed by atoms with E-state index in [4.69, 9.17) is 27.9 Å². The van der Waals surface area contributed by atoms with Crippen LogP contribution in [0.4, 0.5) is 5.69 Å². The Bertz CT molecular complexity index is 950. The molecule has 3 amide bonds. The fourth-order valence-corrected chi connectivity index (χ4v) is 2.62. The molecule has 0 saturated carbocycles. The van der Waals surface area contributed by atoms with E-state index in [1.807, 2.05) is 6.92 Å². The number of amides is 3. The smallest absolute Gasteiger partial charge is 0.329 e. The lowest BCUT2D eigenvalue weighted by atomic mass is 10.2. The van der Waals surface area contributed by atoms with Crippen molar-refractivity contribution < 1.29 is 19.1 Å². The molecule has 0 bridgehead atoms. The first kappa shape index (κ1) is 23.2. The molecule has 2 aromatic carbocycles. The molecule has 8 nitrogen and oxygen atoms in total. The number of halogens is 2. The highest BCUT2D eigenvalue weighted by Gasteiger charge is 2.11. The van der Waals surface area contributed by atoms with Gasteiger partial charge in [0, 0.05) is 17.1 Å². The molecule has 0 radical (unpaired) electrons. The number of nitrogens with zero attached hydrogens (tertiary/aromatic N) is 1. The summed E-state index contributed by atoms with van der Waals surface area (Å²) in [4.78, 5) is 35.3. The van der Waals surface area contributed by atoms with Gasteiger partial charge in [0.1, 0.15) is 5.75 Å². The summed E-state index contributed by atoms with van der Waals surface area (Å²) in [7, 11) is 0. The molecule has 0 fully saturated rings. The van der Waals surface area contributed by atoms with Crippen LogP contribution in [0, 0.1) is 0 Å². The van der Waals surface area contributed by atoms with E-state index in [2.05, 4.69) is 21.2 Å². The van der Waals surface area contributed by atoms with Gasteiger partial charge >= 0.3 is 11.8 Å². The molecule has 3 N–H and O–H groups in total. The Morgan fingerprint density at radius 3 is 2.60 bits per heavy atom. The third-order valence-corrected chi connectivity index (χ3v) is 4.14. The van der Waals surface area contributed by atoms with Crippen molar-refractivity contribution in [3.8, 4) is 5.75 Å². The van der Waals surface area contributed by atoms with Crippen LogP contribution < -0.4 is 20.8 Å². The zero-order chi connectivity index (χ0) is 21.9. The Balaban J connectivity index is 1.92. The molecule has 10 heteroatoms. The average molecular weight is 451 g/mol. The lowest BCUT2D eigenvalue weighted by Gasteiger charge is -2.10. The summed E-state index contributed by atoms with van der Waals surface area (Å²) in [6.45, 7) is 1.99. The molecule has 0 aromatic heterocycles. The lowest BCUT2D eigenvalue weighted by molar-refractivity contribution is -0.139. The predicted molar refractivity (Wildman–Crippen MR) is 116 cm³/mol. The summed E-state index contributed by atoms with van der Waals surface area (Å²) in [5, 5.41) is 9.58. The Morgan fingerprint density at radius 2 is 1.87 bits per heavy atom. The molecule has 2 rings (SSSR count). The number of carbonyl (C=O) groups is 3. The van der Waals surface area contributed by atoms with Crippen LogP contribution in [0.25, 0.3) is 0 Å². The molecule has 0 aliphatic rings. The first-order chi connectivity index (χ1) is 14.4. The minimum Gasteiger partial charge on any atom is -0.483 e. The molecule has 0 saturated heterocycles. The second kappa shape index (κ2) is 11.8. The van der Waals surface area contributed by atoms with Gasteiger partial charge in [-0.2, -0.15) is 5.10 Å². The Kier molecular flexibility index (Phi) is 9.11. The number of hydrazone groups is 1. The van der Waals surface area contributed by atoms with Gasteiger partial charge in [-0.05, 0) is 36.8 Å². The zero-order valence-electron chi connectivity index (χ0n) is 16.1. The van der Waals surface area contributed by atoms with E-state index in [9.17, 15) is 14.4 Å². The van der Waals surface area contributed by atoms with Gasteiger partial charge < -0.3 is 15.4 Å². The summed E-state index contributed by atoms with van der Waals surface area (Å²) in [5.74, 6) is -1.71. The van der Waals surface area contributed by atoms with Gasteiger partial charge in [-0.25, -0.2) is 5.43 Å². The van der Waals surface area contributed by atoms with Crippen molar-refractivity contribution in [2.75, 3.05) is 18.5 Å². The largest absolute Gasteiger partial charge is 0.483 e. The van der Waals surface area contributed by atoms with Crippen molar-refractivity contribution in [3.05, 3.63) is 58.1 Å². The van der Waals surface area contributed by atoms with Crippen LogP contribution in [-0.2, 0) is 14.4 Å². The van der Waals surface area contributed by atoms with Crippen molar-refractivity contribution in [2.24, 2.45) is 5.10 Å². The zero-order valence-corrected chi connectivity index (χ0v) is 17.6. The Labute approximate surface area is 183 Å². The average Bonchev–Trinajstić information content (AvgIpc) is 2.73. The number of para-hydroxylation sites is 1. The maximum Gasteiger partial charge on any atom is 0.329 e. The van der Waals surface area contributed by atoms with Gasteiger partial charge in [0.2, 0.25) is 0 Å². The van der Waals surface area contributed by atoms with Gasteiger partial charge in [-0.15, -0.1) is 0 Å². The number of carbonyl (C=O) groups excluding carboxylic acids is 3. The topological polar surface area (TPSA) is 109 Å². The number of hydrogen-bond donors (Lipinski definition) is 3. The molecule has 0 atom stereocenters. The number of ether oxygens (including phenoxy) is 1. The van der Waals surface area contributed by atoms with Gasteiger partial charge in [0.25, 0.3) is 5.91 Å². The SMILES string of the molecule is CCCNC(=O)C(=O)N/N=C\c1ccccc1OCC(=O)Nc1ccc(Cl)cc1Cl. The fourth-order valence-electron chi connectivity index (χ4n) is 2.17. The van der Waals surface area contributed by atoms with Crippen molar-refractivity contribution in [1.82, 2.24) is 10.7 Å². The molecule has 0 heterocycles. The second-order valence-electron chi connectivity index (χ2n) is 5.95. The monoisotopic (exact) mass is 450 g/mol. The summed E-state index contributed by atoms with van der Waals surface area (Å²) < 4.78 is 5.53. The van der Waals surface area contributed by atoms with E-state index in [0.717, 1.165) is 0 Å². The quantitative estimate of drug-likeness (QED) is 0.326. The van der Waals surface area contributed by atoms with Crippen LogP contribution in [-0.4, -0.2) is 37.1 Å². The first-order valence-corrected chi connectivity index (χ1v) is 9.74. The molecule has 30 heavy (non-hydrogen) atoms. The van der Waals surface area contributed by atoms with Crippen LogP contribution in [0.3, 0.4) is 0 Å². The van der Waals surface area contributed by atoms with E-state index in [1.54, 1.807) is 36.4 Å². The molecular formula is C20H20Cl2N4O4. The van der Waals surface area contributed by atoms with E-state index >= 15 is 0 Å². The van der Waals surface area contributed by atoms with Gasteiger partial charge in [0.05, 0.1) is 16.9 Å². The van der Waals surface area contributed by atoms with Crippen LogP contribution in [0.2, 0.25) is 10.0 Å².